The number of alkyl halides is 2. The van der Waals surface area contributed by atoms with Crippen LogP contribution < -0.4 is 5.73 Å². The van der Waals surface area contributed by atoms with Gasteiger partial charge in [-0.15, -0.1) is 11.3 Å². The fourth-order valence-electron chi connectivity index (χ4n) is 0.609. The van der Waals surface area contributed by atoms with E-state index in [1.165, 1.54) is 13.1 Å². The van der Waals surface area contributed by atoms with E-state index in [-0.39, 0.29) is 4.47 Å². The van der Waals surface area contributed by atoms with Crippen molar-refractivity contribution in [2.45, 2.75) is 18.9 Å². The summed E-state index contributed by atoms with van der Waals surface area (Å²) in [6, 6.07) is 0. The summed E-state index contributed by atoms with van der Waals surface area (Å²) in [5.41, 5.74) is 3.71. The van der Waals surface area contributed by atoms with Crippen molar-refractivity contribution in [1.82, 2.24) is 4.98 Å². The van der Waals surface area contributed by atoms with Crippen LogP contribution in [0.5, 0.6) is 0 Å². The van der Waals surface area contributed by atoms with Crippen molar-refractivity contribution in [3.63, 3.8) is 0 Å². The van der Waals surface area contributed by atoms with Gasteiger partial charge in [0.05, 0.1) is 4.88 Å². The minimum absolute atomic E-state index is 0.224. The molecule has 6 heteroatoms. The molecule has 1 aromatic heterocycles. The molecule has 12 heavy (non-hydrogen) atoms. The van der Waals surface area contributed by atoms with Crippen LogP contribution in [0.25, 0.3) is 0 Å². The van der Waals surface area contributed by atoms with E-state index in [1.54, 1.807) is 0 Å². The van der Waals surface area contributed by atoms with Crippen LogP contribution in [0.2, 0.25) is 4.47 Å². The Morgan fingerprint density at radius 2 is 2.33 bits per heavy atom. The average Bonchev–Trinajstić information content (AvgIpc) is 2.35. The zero-order valence-electron chi connectivity index (χ0n) is 6.22. The molecule has 2 nitrogen and oxygen atoms in total. The van der Waals surface area contributed by atoms with Gasteiger partial charge in [0, 0.05) is 6.20 Å². The Morgan fingerprint density at radius 3 is 2.67 bits per heavy atom. The molecule has 0 radical (unpaired) electrons. The Morgan fingerprint density at radius 1 is 1.75 bits per heavy atom. The van der Waals surface area contributed by atoms with Gasteiger partial charge in [0.1, 0.15) is 5.54 Å². The highest BCUT2D eigenvalue weighted by atomic mass is 35.5. The van der Waals surface area contributed by atoms with Gasteiger partial charge in [0.25, 0.3) is 6.43 Å². The molecule has 1 aromatic rings. The second-order valence-corrected chi connectivity index (χ2v) is 4.17. The molecule has 1 rings (SSSR count). The molecular weight excluding hydrogens is 206 g/mol. The van der Waals surface area contributed by atoms with E-state index in [9.17, 15) is 8.78 Å². The van der Waals surface area contributed by atoms with E-state index in [4.69, 9.17) is 17.3 Å². The average molecular weight is 213 g/mol. The predicted molar refractivity (Wildman–Crippen MR) is 44.7 cm³/mol. The minimum atomic E-state index is -2.62. The van der Waals surface area contributed by atoms with Crippen molar-refractivity contribution in [3.05, 3.63) is 15.5 Å². The fourth-order valence-corrected chi connectivity index (χ4v) is 1.61. The summed E-state index contributed by atoms with van der Waals surface area (Å²) in [7, 11) is 0. The number of thiazole rings is 1. The van der Waals surface area contributed by atoms with E-state index in [0.29, 0.717) is 4.88 Å². The number of rotatable bonds is 2. The Hall–Kier alpha value is -0.260. The van der Waals surface area contributed by atoms with Crippen molar-refractivity contribution in [2.75, 3.05) is 0 Å². The summed E-state index contributed by atoms with van der Waals surface area (Å²) >= 11 is 6.45. The highest BCUT2D eigenvalue weighted by Crippen LogP contribution is 2.31. The normalized spacial score (nSPS) is 16.5. The Kier molecular flexibility index (Phi) is 2.65. The Balaban J connectivity index is 2.97. The molecule has 0 fully saturated rings. The van der Waals surface area contributed by atoms with Crippen LogP contribution in [0, 0.1) is 0 Å². The lowest BCUT2D eigenvalue weighted by molar-refractivity contribution is 0.0643. The first-order chi connectivity index (χ1) is 5.44. The van der Waals surface area contributed by atoms with Crippen LogP contribution in [0.3, 0.4) is 0 Å². The van der Waals surface area contributed by atoms with Crippen LogP contribution in [0.1, 0.15) is 11.8 Å². The van der Waals surface area contributed by atoms with Crippen LogP contribution in [0.15, 0.2) is 6.20 Å². The number of nitrogens with zero attached hydrogens (tertiary/aromatic N) is 1. The second kappa shape index (κ2) is 3.24. The third kappa shape index (κ3) is 1.73. The fraction of sp³-hybridized carbons (Fsp3) is 0.500. The molecule has 0 saturated carbocycles. The van der Waals surface area contributed by atoms with Gasteiger partial charge in [-0.1, -0.05) is 11.6 Å². The lowest BCUT2D eigenvalue weighted by Crippen LogP contribution is -2.39. The van der Waals surface area contributed by atoms with Crippen molar-refractivity contribution < 1.29 is 8.78 Å². The van der Waals surface area contributed by atoms with Crippen molar-refractivity contribution >= 4 is 22.9 Å². The quantitative estimate of drug-likeness (QED) is 0.817. The van der Waals surface area contributed by atoms with Gasteiger partial charge in [-0.3, -0.25) is 0 Å². The summed E-state index contributed by atoms with van der Waals surface area (Å²) < 4.78 is 24.9. The minimum Gasteiger partial charge on any atom is -0.316 e. The maximum atomic E-state index is 12.3. The highest BCUT2D eigenvalue weighted by molar-refractivity contribution is 7.15. The first kappa shape index (κ1) is 9.83. The Labute approximate surface area is 77.4 Å². The van der Waals surface area contributed by atoms with Crippen molar-refractivity contribution in [1.29, 1.82) is 0 Å². The topological polar surface area (TPSA) is 38.9 Å². The van der Waals surface area contributed by atoms with Gasteiger partial charge in [-0.2, -0.15) is 0 Å². The third-order valence-corrected chi connectivity index (χ3v) is 2.83. The number of nitrogens with two attached hydrogens (primary N) is 1. The third-order valence-electron chi connectivity index (χ3n) is 1.46. The smallest absolute Gasteiger partial charge is 0.260 e. The van der Waals surface area contributed by atoms with Crippen LogP contribution in [0.4, 0.5) is 8.78 Å². The lowest BCUT2D eigenvalue weighted by Gasteiger charge is -2.20. The molecule has 0 spiro atoms. The van der Waals surface area contributed by atoms with Crippen molar-refractivity contribution in [2.24, 2.45) is 5.73 Å². The molecule has 68 valence electrons. The summed E-state index contributed by atoms with van der Waals surface area (Å²) in [5, 5.41) is 0. The molecule has 0 saturated heterocycles. The summed E-state index contributed by atoms with van der Waals surface area (Å²) in [6.45, 7) is 1.25. The lowest BCUT2D eigenvalue weighted by atomic mass is 10.0. The van der Waals surface area contributed by atoms with E-state index >= 15 is 0 Å². The molecule has 0 aromatic carbocycles. The zero-order valence-corrected chi connectivity index (χ0v) is 7.79. The van der Waals surface area contributed by atoms with Gasteiger partial charge in [0.15, 0.2) is 4.47 Å². The maximum Gasteiger partial charge on any atom is 0.260 e. The number of aromatic nitrogens is 1. The molecule has 1 heterocycles. The predicted octanol–water partition coefficient (Wildman–Crippen LogP) is 2.24. The monoisotopic (exact) mass is 212 g/mol. The largest absolute Gasteiger partial charge is 0.316 e. The van der Waals surface area contributed by atoms with Crippen LogP contribution in [-0.4, -0.2) is 11.4 Å². The first-order valence-corrected chi connectivity index (χ1v) is 4.33. The number of hydrogen-bond acceptors (Lipinski definition) is 3. The van der Waals surface area contributed by atoms with Gasteiger partial charge in [0.2, 0.25) is 0 Å². The molecular formula is C6H7ClF2N2S. The molecule has 1 atom stereocenters. The second-order valence-electron chi connectivity index (χ2n) is 2.56. The van der Waals surface area contributed by atoms with E-state index in [0.717, 1.165) is 11.3 Å². The van der Waals surface area contributed by atoms with E-state index in [2.05, 4.69) is 4.98 Å². The van der Waals surface area contributed by atoms with Gasteiger partial charge in [-0.25, -0.2) is 13.8 Å². The van der Waals surface area contributed by atoms with Gasteiger partial charge >= 0.3 is 0 Å². The number of halogens is 3. The summed E-state index contributed by atoms with van der Waals surface area (Å²) in [6.07, 6.45) is -1.34. The summed E-state index contributed by atoms with van der Waals surface area (Å²) in [4.78, 5) is 3.93. The molecule has 0 aliphatic carbocycles. The summed E-state index contributed by atoms with van der Waals surface area (Å²) in [5.74, 6) is 0. The standard InChI is InChI=1S/C6H7ClF2N2S/c1-6(10,4(8)9)3-2-11-5(7)12-3/h2,4H,10H2,1H3. The first-order valence-electron chi connectivity index (χ1n) is 3.13. The molecule has 0 aliphatic rings. The SMILES string of the molecule is CC(N)(c1cnc(Cl)s1)C(F)F. The Bertz CT molecular complexity index is 274. The molecule has 0 amide bonds. The number of hydrogen-bond donors (Lipinski definition) is 1. The molecule has 2 N–H and O–H groups in total. The molecule has 0 aliphatic heterocycles. The van der Waals surface area contributed by atoms with E-state index < -0.39 is 12.0 Å². The molecule has 0 bridgehead atoms. The van der Waals surface area contributed by atoms with Crippen LogP contribution in [-0.2, 0) is 5.54 Å². The highest BCUT2D eigenvalue weighted by Gasteiger charge is 2.34. The van der Waals surface area contributed by atoms with Crippen LogP contribution >= 0.6 is 22.9 Å². The van der Waals surface area contributed by atoms with E-state index in [1.807, 2.05) is 0 Å². The van der Waals surface area contributed by atoms with Crippen molar-refractivity contribution in [3.8, 4) is 0 Å². The maximum absolute atomic E-state index is 12.3. The molecule has 1 unspecified atom stereocenters. The van der Waals surface area contributed by atoms with Gasteiger partial charge < -0.3 is 5.73 Å². The van der Waals surface area contributed by atoms with Gasteiger partial charge in [-0.05, 0) is 6.92 Å². The zero-order chi connectivity index (χ0) is 9.35.